The molecule has 0 bridgehead atoms. The molecule has 0 spiro atoms. The molecule has 0 unspecified atom stereocenters. The Kier molecular flexibility index (Phi) is 5.03. The number of ketones is 1. The van der Waals surface area contributed by atoms with Gasteiger partial charge in [-0.05, 0) is 39.0 Å². The Balaban J connectivity index is 1.84. The van der Waals surface area contributed by atoms with Gasteiger partial charge in [-0.3, -0.25) is 4.79 Å². The van der Waals surface area contributed by atoms with Gasteiger partial charge >= 0.3 is 5.97 Å². The summed E-state index contributed by atoms with van der Waals surface area (Å²) in [5.41, 5.74) is 8.69. The van der Waals surface area contributed by atoms with E-state index in [2.05, 4.69) is 9.97 Å². The summed E-state index contributed by atoms with van der Waals surface area (Å²) in [6, 6.07) is 11.5. The van der Waals surface area contributed by atoms with E-state index in [4.69, 9.17) is 10.5 Å². The van der Waals surface area contributed by atoms with Crippen LogP contribution < -0.4 is 5.73 Å². The molecule has 0 saturated heterocycles. The summed E-state index contributed by atoms with van der Waals surface area (Å²) in [6.07, 6.45) is 1.73. The van der Waals surface area contributed by atoms with E-state index in [-0.39, 0.29) is 17.3 Å². The second-order valence-electron chi connectivity index (χ2n) is 6.16. The van der Waals surface area contributed by atoms with Crippen molar-refractivity contribution in [1.29, 1.82) is 0 Å². The van der Waals surface area contributed by atoms with Gasteiger partial charge in [0.05, 0.1) is 0 Å². The van der Waals surface area contributed by atoms with Crippen LogP contribution in [-0.4, -0.2) is 32.4 Å². The van der Waals surface area contributed by atoms with Crippen molar-refractivity contribution in [2.75, 3.05) is 5.73 Å². The second-order valence-corrected chi connectivity index (χ2v) is 6.16. The van der Waals surface area contributed by atoms with Crippen molar-refractivity contribution in [2.24, 2.45) is 0 Å². The molecule has 1 aromatic carbocycles. The first-order valence-corrected chi connectivity index (χ1v) is 8.46. The van der Waals surface area contributed by atoms with Crippen LogP contribution in [0.15, 0.2) is 48.8 Å². The number of nitrogens with two attached hydrogens (primary N) is 1. The molecule has 0 aliphatic heterocycles. The second kappa shape index (κ2) is 7.41. The van der Waals surface area contributed by atoms with Crippen LogP contribution in [0, 0.1) is 13.8 Å². The third-order valence-electron chi connectivity index (χ3n) is 4.28. The predicted octanol–water partition coefficient (Wildman–Crippen LogP) is 2.89. The number of hydrogen-bond donors (Lipinski definition) is 1. The minimum atomic E-state index is -0.983. The zero-order chi connectivity index (χ0) is 19.6. The maximum atomic E-state index is 12.9. The van der Waals surface area contributed by atoms with Crippen LogP contribution in [0.5, 0.6) is 0 Å². The number of aryl methyl sites for hydroxylation is 1. The maximum absolute atomic E-state index is 12.9. The van der Waals surface area contributed by atoms with E-state index < -0.39 is 12.1 Å². The van der Waals surface area contributed by atoms with E-state index in [0.29, 0.717) is 5.56 Å². The Morgan fingerprint density at radius 2 is 1.78 bits per heavy atom. The van der Waals surface area contributed by atoms with Gasteiger partial charge in [0, 0.05) is 35.0 Å². The molecule has 0 fully saturated rings. The minimum Gasteiger partial charge on any atom is -0.449 e. The first-order valence-electron chi connectivity index (χ1n) is 8.46. The smallest absolute Gasteiger partial charge is 0.361 e. The molecule has 2 aromatic heterocycles. The Labute approximate surface area is 156 Å². The summed E-state index contributed by atoms with van der Waals surface area (Å²) in [5, 5.41) is 0. The molecule has 0 radical (unpaired) electrons. The topological polar surface area (TPSA) is 100 Å². The van der Waals surface area contributed by atoms with Gasteiger partial charge in [-0.25, -0.2) is 14.8 Å². The Bertz CT molecular complexity index is 996. The molecule has 0 aliphatic carbocycles. The molecule has 3 aromatic rings. The summed E-state index contributed by atoms with van der Waals surface area (Å²) in [6.45, 7) is 5.32. The fraction of sp³-hybridized carbons (Fsp3) is 0.200. The van der Waals surface area contributed by atoms with Gasteiger partial charge in [0.1, 0.15) is 0 Å². The summed E-state index contributed by atoms with van der Waals surface area (Å²) >= 11 is 0. The van der Waals surface area contributed by atoms with Gasteiger partial charge < -0.3 is 15.0 Å². The van der Waals surface area contributed by atoms with Crippen molar-refractivity contribution < 1.29 is 14.3 Å². The van der Waals surface area contributed by atoms with E-state index in [9.17, 15) is 9.59 Å². The molecule has 2 N–H and O–H groups in total. The fourth-order valence-electron chi connectivity index (χ4n) is 2.98. The standard InChI is InChI=1S/C20H20N4O3/c1-12-11-16(13(2)24(12)15-7-5-4-6-8-15)18(25)14(3)27-20(26)17-19(21)23-10-9-22-17/h4-11,14H,1-3H3,(H2,21,23)/t14-/m1/s1. The number of benzene rings is 1. The summed E-state index contributed by atoms with van der Waals surface area (Å²) in [5.74, 6) is -1.11. The van der Waals surface area contributed by atoms with E-state index >= 15 is 0 Å². The van der Waals surface area contributed by atoms with Crippen molar-refractivity contribution in [3.8, 4) is 5.69 Å². The monoisotopic (exact) mass is 364 g/mol. The first kappa shape index (κ1) is 18.3. The fourth-order valence-corrected chi connectivity index (χ4v) is 2.98. The van der Waals surface area contributed by atoms with Gasteiger partial charge in [0.25, 0.3) is 0 Å². The van der Waals surface area contributed by atoms with Crippen molar-refractivity contribution in [1.82, 2.24) is 14.5 Å². The average Bonchev–Trinajstić information content (AvgIpc) is 2.96. The molecule has 7 heteroatoms. The summed E-state index contributed by atoms with van der Waals surface area (Å²) in [4.78, 5) is 32.7. The predicted molar refractivity (Wildman–Crippen MR) is 101 cm³/mol. The molecular formula is C20H20N4O3. The Morgan fingerprint density at radius 1 is 1.11 bits per heavy atom. The van der Waals surface area contributed by atoms with E-state index in [0.717, 1.165) is 17.1 Å². The number of carbonyl (C=O) groups is 2. The zero-order valence-corrected chi connectivity index (χ0v) is 15.3. The molecule has 0 saturated carbocycles. The first-order chi connectivity index (χ1) is 12.9. The number of ether oxygens (including phenoxy) is 1. The minimum absolute atomic E-state index is 0.0376. The van der Waals surface area contributed by atoms with Crippen LogP contribution in [0.3, 0.4) is 0 Å². The highest BCUT2D eigenvalue weighted by molar-refractivity contribution is 6.02. The van der Waals surface area contributed by atoms with Crippen molar-refractivity contribution in [2.45, 2.75) is 26.9 Å². The number of carbonyl (C=O) groups excluding carboxylic acids is 2. The number of nitrogens with zero attached hydrogens (tertiary/aromatic N) is 3. The quantitative estimate of drug-likeness (QED) is 0.552. The van der Waals surface area contributed by atoms with E-state index in [1.165, 1.54) is 19.3 Å². The maximum Gasteiger partial charge on any atom is 0.361 e. The van der Waals surface area contributed by atoms with Gasteiger partial charge in [-0.15, -0.1) is 0 Å². The van der Waals surface area contributed by atoms with Crippen LogP contribution in [0.4, 0.5) is 5.82 Å². The number of nitrogen functional groups attached to an aromatic ring is 1. The summed E-state index contributed by atoms with van der Waals surface area (Å²) < 4.78 is 7.25. The molecule has 0 amide bonds. The SMILES string of the molecule is Cc1cc(C(=O)[C@@H](C)OC(=O)c2nccnc2N)c(C)n1-c1ccccc1. The van der Waals surface area contributed by atoms with E-state index in [1.54, 1.807) is 6.07 Å². The number of hydrogen-bond acceptors (Lipinski definition) is 6. The number of esters is 1. The van der Waals surface area contributed by atoms with Crippen LogP contribution in [0.1, 0.15) is 39.2 Å². The Morgan fingerprint density at radius 3 is 2.44 bits per heavy atom. The van der Waals surface area contributed by atoms with Gasteiger partial charge in [0.15, 0.2) is 17.6 Å². The lowest BCUT2D eigenvalue weighted by Gasteiger charge is -2.13. The molecule has 1 atom stereocenters. The van der Waals surface area contributed by atoms with Crippen molar-refractivity contribution >= 4 is 17.6 Å². The lowest BCUT2D eigenvalue weighted by atomic mass is 10.1. The van der Waals surface area contributed by atoms with Crippen molar-refractivity contribution in [3.63, 3.8) is 0 Å². The lowest BCUT2D eigenvalue weighted by Crippen LogP contribution is -2.26. The lowest BCUT2D eigenvalue weighted by molar-refractivity contribution is 0.0313. The normalized spacial score (nSPS) is 11.8. The highest BCUT2D eigenvalue weighted by Gasteiger charge is 2.26. The van der Waals surface area contributed by atoms with E-state index in [1.807, 2.05) is 48.7 Å². The van der Waals surface area contributed by atoms with Crippen LogP contribution >= 0.6 is 0 Å². The van der Waals surface area contributed by atoms with Gasteiger partial charge in [-0.1, -0.05) is 18.2 Å². The highest BCUT2D eigenvalue weighted by Crippen LogP contribution is 2.22. The van der Waals surface area contributed by atoms with Gasteiger partial charge in [-0.2, -0.15) is 0 Å². The number of anilines is 1. The third kappa shape index (κ3) is 3.57. The molecule has 27 heavy (non-hydrogen) atoms. The summed E-state index contributed by atoms with van der Waals surface area (Å²) in [7, 11) is 0. The highest BCUT2D eigenvalue weighted by atomic mass is 16.5. The number of Topliss-reactive ketones (excluding diaryl/α,β-unsaturated/α-hetero) is 1. The van der Waals surface area contributed by atoms with Gasteiger partial charge in [0.2, 0.25) is 5.78 Å². The number of aromatic nitrogens is 3. The number of rotatable bonds is 5. The molecular weight excluding hydrogens is 344 g/mol. The van der Waals surface area contributed by atoms with Crippen LogP contribution in [-0.2, 0) is 4.74 Å². The molecule has 3 rings (SSSR count). The average molecular weight is 364 g/mol. The largest absolute Gasteiger partial charge is 0.449 e. The molecule has 2 heterocycles. The molecule has 0 aliphatic rings. The third-order valence-corrected chi connectivity index (χ3v) is 4.28. The zero-order valence-electron chi connectivity index (χ0n) is 15.3. The van der Waals surface area contributed by atoms with Crippen LogP contribution in [0.25, 0.3) is 5.69 Å². The molecule has 7 nitrogen and oxygen atoms in total. The number of para-hydroxylation sites is 1. The molecule has 138 valence electrons. The van der Waals surface area contributed by atoms with Crippen molar-refractivity contribution in [3.05, 3.63) is 71.4 Å². The van der Waals surface area contributed by atoms with Crippen LogP contribution in [0.2, 0.25) is 0 Å². The Hall–Kier alpha value is -3.48.